The fraction of sp³-hybridized carbons (Fsp3) is 0.500. The lowest BCUT2D eigenvalue weighted by atomic mass is 10.1. The van der Waals surface area contributed by atoms with Crippen LogP contribution in [0, 0.1) is 0 Å². The van der Waals surface area contributed by atoms with Gasteiger partial charge in [-0.2, -0.15) is 0 Å². The molecule has 3 rings (SSSR count). The lowest BCUT2D eigenvalue weighted by Gasteiger charge is -2.24. The van der Waals surface area contributed by atoms with E-state index in [0.29, 0.717) is 13.2 Å². The maximum Gasteiger partial charge on any atom is 0.184 e. The van der Waals surface area contributed by atoms with E-state index < -0.39 is 6.29 Å². The van der Waals surface area contributed by atoms with E-state index in [2.05, 4.69) is 10.0 Å². The van der Waals surface area contributed by atoms with Crippen molar-refractivity contribution < 1.29 is 14.2 Å². The third-order valence-electron chi connectivity index (χ3n) is 3.19. The summed E-state index contributed by atoms with van der Waals surface area (Å²) < 4.78 is 16.7. The normalized spacial score (nSPS) is 33.3. The first kappa shape index (κ1) is 11.5. The van der Waals surface area contributed by atoms with Crippen LogP contribution >= 0.6 is 0 Å². The number of hydrogen-bond donors (Lipinski definition) is 0. The average Bonchev–Trinajstić information content (AvgIpc) is 3.00. The molecule has 18 heavy (non-hydrogen) atoms. The van der Waals surface area contributed by atoms with E-state index in [4.69, 9.17) is 19.7 Å². The molecule has 2 fully saturated rings. The van der Waals surface area contributed by atoms with Crippen molar-refractivity contribution in [1.29, 1.82) is 0 Å². The molecule has 0 aromatic heterocycles. The van der Waals surface area contributed by atoms with Gasteiger partial charge in [-0.25, -0.2) is 0 Å². The van der Waals surface area contributed by atoms with Crippen LogP contribution in [-0.4, -0.2) is 31.1 Å². The van der Waals surface area contributed by atoms with Crippen molar-refractivity contribution in [2.24, 2.45) is 5.11 Å². The SMILES string of the molecule is [N-]=[N+]=N[C@@H]1[C@@H](OCc2ccccc2)[C@@H]2OC[C@H]1O2. The fourth-order valence-electron chi connectivity index (χ4n) is 2.31. The van der Waals surface area contributed by atoms with Gasteiger partial charge < -0.3 is 14.2 Å². The van der Waals surface area contributed by atoms with Crippen molar-refractivity contribution in [3.05, 3.63) is 46.3 Å². The molecule has 1 aromatic carbocycles. The van der Waals surface area contributed by atoms with E-state index in [1.165, 1.54) is 0 Å². The molecule has 4 atom stereocenters. The van der Waals surface area contributed by atoms with Gasteiger partial charge in [-0.3, -0.25) is 0 Å². The Kier molecular flexibility index (Phi) is 3.17. The van der Waals surface area contributed by atoms with Crippen LogP contribution in [0.3, 0.4) is 0 Å². The Labute approximate surface area is 104 Å². The van der Waals surface area contributed by atoms with Crippen LogP contribution in [0.15, 0.2) is 35.4 Å². The van der Waals surface area contributed by atoms with Crippen molar-refractivity contribution in [2.45, 2.75) is 31.1 Å². The minimum Gasteiger partial charge on any atom is -0.368 e. The predicted molar refractivity (Wildman–Crippen MR) is 62.6 cm³/mol. The van der Waals surface area contributed by atoms with Crippen molar-refractivity contribution in [3.63, 3.8) is 0 Å². The molecule has 0 N–H and O–H groups in total. The zero-order chi connectivity index (χ0) is 12.4. The van der Waals surface area contributed by atoms with Gasteiger partial charge in [-0.1, -0.05) is 35.4 Å². The Bertz CT molecular complexity index is 461. The first-order valence-corrected chi connectivity index (χ1v) is 5.85. The number of rotatable bonds is 4. The monoisotopic (exact) mass is 247 g/mol. The molecule has 2 aliphatic heterocycles. The third-order valence-corrected chi connectivity index (χ3v) is 3.19. The highest BCUT2D eigenvalue weighted by Crippen LogP contribution is 2.34. The topological polar surface area (TPSA) is 76.5 Å². The zero-order valence-corrected chi connectivity index (χ0v) is 9.68. The molecule has 0 amide bonds. The van der Waals surface area contributed by atoms with Crippen molar-refractivity contribution in [1.82, 2.24) is 0 Å². The second-order valence-corrected chi connectivity index (χ2v) is 4.33. The molecule has 6 heteroatoms. The quantitative estimate of drug-likeness (QED) is 0.464. The summed E-state index contributed by atoms with van der Waals surface area (Å²) in [6, 6.07) is 9.54. The Balaban J connectivity index is 1.66. The second-order valence-electron chi connectivity index (χ2n) is 4.33. The van der Waals surface area contributed by atoms with Gasteiger partial charge in [0.1, 0.15) is 6.10 Å². The summed E-state index contributed by atoms with van der Waals surface area (Å²) in [5, 5.41) is 3.75. The number of hydrogen-bond acceptors (Lipinski definition) is 4. The van der Waals surface area contributed by atoms with E-state index in [1.807, 2.05) is 30.3 Å². The Morgan fingerprint density at radius 2 is 2.22 bits per heavy atom. The molecule has 0 aliphatic carbocycles. The van der Waals surface area contributed by atoms with Crippen LogP contribution in [0.5, 0.6) is 0 Å². The maximum atomic E-state index is 8.56. The summed E-state index contributed by atoms with van der Waals surface area (Å²) >= 11 is 0. The number of ether oxygens (including phenoxy) is 3. The first-order valence-electron chi connectivity index (χ1n) is 5.85. The van der Waals surface area contributed by atoms with Gasteiger partial charge in [0, 0.05) is 4.91 Å². The molecule has 0 spiro atoms. The minimum atomic E-state index is -0.408. The lowest BCUT2D eigenvalue weighted by molar-refractivity contribution is -0.124. The summed E-state index contributed by atoms with van der Waals surface area (Å²) in [4.78, 5) is 2.85. The molecule has 0 radical (unpaired) electrons. The second kappa shape index (κ2) is 4.96. The Hall–Kier alpha value is -1.59. The van der Waals surface area contributed by atoms with Gasteiger partial charge in [0.25, 0.3) is 0 Å². The summed E-state index contributed by atoms with van der Waals surface area (Å²) in [6.07, 6.45) is -0.902. The molecule has 0 saturated carbocycles. The van der Waals surface area contributed by atoms with Gasteiger partial charge >= 0.3 is 0 Å². The van der Waals surface area contributed by atoms with Gasteiger partial charge in [0.2, 0.25) is 0 Å². The molecule has 94 valence electrons. The van der Waals surface area contributed by atoms with Gasteiger partial charge in [-0.15, -0.1) is 0 Å². The van der Waals surface area contributed by atoms with E-state index in [1.54, 1.807) is 0 Å². The highest BCUT2D eigenvalue weighted by atomic mass is 16.8. The number of nitrogens with zero attached hydrogens (tertiary/aromatic N) is 3. The third kappa shape index (κ3) is 2.07. The van der Waals surface area contributed by atoms with Crippen molar-refractivity contribution in [3.8, 4) is 0 Å². The standard InChI is InChI=1S/C12H13N3O3/c13-15-14-10-9-7-17-12(18-9)11(10)16-6-8-4-2-1-3-5-8/h1-5,9-12H,6-7H2/t9-,10+,11-,12-/m1/s1. The molecular formula is C12H13N3O3. The minimum absolute atomic E-state index is 0.174. The summed E-state index contributed by atoms with van der Waals surface area (Å²) in [5.41, 5.74) is 9.63. The zero-order valence-electron chi connectivity index (χ0n) is 9.68. The number of benzene rings is 1. The van der Waals surface area contributed by atoms with Crippen LogP contribution in [-0.2, 0) is 20.8 Å². The summed E-state index contributed by atoms with van der Waals surface area (Å²) in [7, 11) is 0. The average molecular weight is 247 g/mol. The summed E-state index contributed by atoms with van der Waals surface area (Å²) in [6.45, 7) is 0.929. The smallest absolute Gasteiger partial charge is 0.184 e. The molecular weight excluding hydrogens is 234 g/mol. The van der Waals surface area contributed by atoms with Crippen LogP contribution in [0.25, 0.3) is 10.4 Å². The molecule has 2 saturated heterocycles. The lowest BCUT2D eigenvalue weighted by Crippen LogP contribution is -2.40. The molecule has 6 nitrogen and oxygen atoms in total. The van der Waals surface area contributed by atoms with Gasteiger partial charge in [0.05, 0.1) is 25.4 Å². The van der Waals surface area contributed by atoms with Crippen LogP contribution in [0.4, 0.5) is 0 Å². The number of azide groups is 1. The van der Waals surface area contributed by atoms with E-state index in [9.17, 15) is 0 Å². The van der Waals surface area contributed by atoms with Crippen molar-refractivity contribution in [2.75, 3.05) is 6.61 Å². The summed E-state index contributed by atoms with van der Waals surface area (Å²) in [5.74, 6) is 0. The Morgan fingerprint density at radius 1 is 1.39 bits per heavy atom. The van der Waals surface area contributed by atoms with Crippen molar-refractivity contribution >= 4 is 0 Å². The fourth-order valence-corrected chi connectivity index (χ4v) is 2.31. The first-order chi connectivity index (χ1) is 8.88. The van der Waals surface area contributed by atoms with Gasteiger partial charge in [0.15, 0.2) is 6.29 Å². The van der Waals surface area contributed by atoms with Crippen LogP contribution in [0.1, 0.15) is 5.56 Å². The predicted octanol–water partition coefficient (Wildman–Crippen LogP) is 2.01. The molecule has 2 bridgehead atoms. The largest absolute Gasteiger partial charge is 0.368 e. The van der Waals surface area contributed by atoms with Crippen LogP contribution in [0.2, 0.25) is 0 Å². The highest BCUT2D eigenvalue weighted by Gasteiger charge is 2.50. The molecule has 2 heterocycles. The van der Waals surface area contributed by atoms with E-state index in [-0.39, 0.29) is 18.2 Å². The molecule has 0 unspecified atom stereocenters. The van der Waals surface area contributed by atoms with E-state index >= 15 is 0 Å². The van der Waals surface area contributed by atoms with Crippen LogP contribution < -0.4 is 0 Å². The number of fused-ring (bicyclic) bond motifs is 2. The van der Waals surface area contributed by atoms with E-state index in [0.717, 1.165) is 5.56 Å². The Morgan fingerprint density at radius 3 is 3.00 bits per heavy atom. The molecule has 2 aliphatic rings. The maximum absolute atomic E-state index is 8.56. The van der Waals surface area contributed by atoms with Gasteiger partial charge in [-0.05, 0) is 11.1 Å². The highest BCUT2D eigenvalue weighted by molar-refractivity contribution is 5.13. The molecule has 1 aromatic rings.